The number of aromatic hydroxyl groups is 1. The highest BCUT2D eigenvalue weighted by Crippen LogP contribution is 2.19. The average Bonchev–Trinajstić information content (AvgIpc) is 3.04. The van der Waals surface area contributed by atoms with Crippen LogP contribution in [0.25, 0.3) is 11.0 Å². The Hall–Kier alpha value is -3.73. The maximum Gasteiger partial charge on any atom is 0.230 e. The number of nitrogens with zero attached hydrogens (tertiary/aromatic N) is 5. The zero-order valence-electron chi connectivity index (χ0n) is 15.3. The molecule has 3 aromatic heterocycles. The summed E-state index contributed by atoms with van der Waals surface area (Å²) in [5, 5.41) is 17.8. The highest BCUT2D eigenvalue weighted by atomic mass is 32.2. The van der Waals surface area contributed by atoms with Gasteiger partial charge < -0.3 is 10.4 Å². The summed E-state index contributed by atoms with van der Waals surface area (Å²) in [5.41, 5.74) is 2.12. The third-order valence-electron chi connectivity index (χ3n) is 3.93. The second kappa shape index (κ2) is 7.36. The average molecular weight is 411 g/mol. The van der Waals surface area contributed by atoms with Crippen LogP contribution in [0.2, 0.25) is 0 Å². The third-order valence-corrected chi connectivity index (χ3v) is 4.51. The van der Waals surface area contributed by atoms with E-state index < -0.39 is 10.0 Å². The molecule has 0 saturated carbocycles. The number of phenolic OH excluding ortho intramolecular Hbond substituents is 1. The molecule has 0 radical (unpaired) electrons. The molecule has 4 rings (SSSR count). The molecule has 0 aliphatic carbocycles. The number of benzene rings is 1. The molecule has 3 N–H and O–H groups in total. The number of pyridine rings is 1. The van der Waals surface area contributed by atoms with Crippen molar-refractivity contribution < 1.29 is 13.5 Å². The molecule has 148 valence electrons. The first-order valence-electron chi connectivity index (χ1n) is 8.53. The van der Waals surface area contributed by atoms with E-state index in [0.29, 0.717) is 23.8 Å². The lowest BCUT2D eigenvalue weighted by molar-refractivity contribution is 0.474. The molecule has 0 saturated heterocycles. The van der Waals surface area contributed by atoms with Gasteiger partial charge in [-0.15, -0.1) is 0 Å². The Bertz CT molecular complexity index is 1270. The Morgan fingerprint density at radius 3 is 2.69 bits per heavy atom. The van der Waals surface area contributed by atoms with Crippen LogP contribution in [0, 0.1) is 0 Å². The van der Waals surface area contributed by atoms with E-state index in [-0.39, 0.29) is 11.6 Å². The minimum absolute atomic E-state index is 0.192. The second-order valence-corrected chi connectivity index (χ2v) is 8.12. The number of aromatic nitrogens is 5. The number of sulfonamides is 1. The van der Waals surface area contributed by atoms with E-state index >= 15 is 0 Å². The van der Waals surface area contributed by atoms with Gasteiger partial charge in [0.1, 0.15) is 11.6 Å². The molecule has 0 aliphatic rings. The lowest BCUT2D eigenvalue weighted by Crippen LogP contribution is -2.10. The van der Waals surface area contributed by atoms with Crippen molar-refractivity contribution in [3.05, 3.63) is 60.6 Å². The second-order valence-electron chi connectivity index (χ2n) is 6.38. The fourth-order valence-corrected chi connectivity index (χ4v) is 3.22. The first kappa shape index (κ1) is 18.6. The van der Waals surface area contributed by atoms with Gasteiger partial charge in [0.2, 0.25) is 16.0 Å². The van der Waals surface area contributed by atoms with Gasteiger partial charge in [-0.3, -0.25) is 4.72 Å². The number of rotatable bonds is 6. The standard InChI is InChI=1S/C18H17N7O3S/c1-29(27,28)24-16-6-5-14(10-19-16)22-18-20-8-13-9-21-25(17(13)23-18)11-12-3-2-4-15(26)7-12/h2-10,26H,11H2,1H3,(H,19,24)(H,20,22,23). The van der Waals surface area contributed by atoms with E-state index in [9.17, 15) is 13.5 Å². The van der Waals surface area contributed by atoms with Crippen LogP contribution in [0.1, 0.15) is 5.56 Å². The zero-order valence-corrected chi connectivity index (χ0v) is 16.1. The first-order valence-corrected chi connectivity index (χ1v) is 10.4. The van der Waals surface area contributed by atoms with Crippen LogP contribution in [0.5, 0.6) is 5.75 Å². The van der Waals surface area contributed by atoms with Crippen molar-refractivity contribution in [3.63, 3.8) is 0 Å². The summed E-state index contributed by atoms with van der Waals surface area (Å²) in [6.07, 6.45) is 5.87. The van der Waals surface area contributed by atoms with Gasteiger partial charge in [0.05, 0.1) is 36.3 Å². The van der Waals surface area contributed by atoms with Gasteiger partial charge in [0.25, 0.3) is 0 Å². The highest BCUT2D eigenvalue weighted by Gasteiger charge is 2.09. The lowest BCUT2D eigenvalue weighted by Gasteiger charge is -2.07. The van der Waals surface area contributed by atoms with Crippen molar-refractivity contribution >= 4 is 38.5 Å². The van der Waals surface area contributed by atoms with Gasteiger partial charge >= 0.3 is 0 Å². The van der Waals surface area contributed by atoms with Crippen LogP contribution in [-0.2, 0) is 16.6 Å². The van der Waals surface area contributed by atoms with Crippen LogP contribution >= 0.6 is 0 Å². The first-order chi connectivity index (χ1) is 13.9. The molecule has 0 fully saturated rings. The third kappa shape index (κ3) is 4.58. The quantitative estimate of drug-likeness (QED) is 0.439. The van der Waals surface area contributed by atoms with Crippen LogP contribution in [0.15, 0.2) is 55.0 Å². The minimum Gasteiger partial charge on any atom is -0.508 e. The van der Waals surface area contributed by atoms with Gasteiger partial charge in [0, 0.05) is 6.20 Å². The summed E-state index contributed by atoms with van der Waals surface area (Å²) >= 11 is 0. The van der Waals surface area contributed by atoms with E-state index in [0.717, 1.165) is 17.2 Å². The largest absolute Gasteiger partial charge is 0.508 e. The molecule has 1 aromatic carbocycles. The molecule has 0 atom stereocenters. The Kier molecular flexibility index (Phi) is 4.72. The van der Waals surface area contributed by atoms with E-state index in [1.165, 1.54) is 12.3 Å². The summed E-state index contributed by atoms with van der Waals surface area (Å²) in [4.78, 5) is 12.8. The van der Waals surface area contributed by atoms with Crippen LogP contribution < -0.4 is 10.0 Å². The molecular formula is C18H17N7O3S. The Morgan fingerprint density at radius 2 is 1.97 bits per heavy atom. The smallest absolute Gasteiger partial charge is 0.230 e. The highest BCUT2D eigenvalue weighted by molar-refractivity contribution is 7.92. The Balaban J connectivity index is 1.55. The van der Waals surface area contributed by atoms with Gasteiger partial charge in [0.15, 0.2) is 5.65 Å². The fourth-order valence-electron chi connectivity index (χ4n) is 2.72. The van der Waals surface area contributed by atoms with Crippen LogP contribution in [-0.4, -0.2) is 44.5 Å². The van der Waals surface area contributed by atoms with Crippen LogP contribution in [0.4, 0.5) is 17.5 Å². The molecule has 0 amide bonds. The van der Waals surface area contributed by atoms with Crippen molar-refractivity contribution in [2.24, 2.45) is 0 Å². The van der Waals surface area contributed by atoms with E-state index in [4.69, 9.17) is 0 Å². The number of nitrogens with one attached hydrogen (secondary N) is 2. The molecule has 4 aromatic rings. The van der Waals surface area contributed by atoms with Gasteiger partial charge in [-0.2, -0.15) is 10.1 Å². The topological polar surface area (TPSA) is 135 Å². The molecule has 0 unspecified atom stereocenters. The van der Waals surface area contributed by atoms with Crippen molar-refractivity contribution in [1.29, 1.82) is 0 Å². The normalized spacial score (nSPS) is 11.5. The van der Waals surface area contributed by atoms with E-state index in [1.807, 2.05) is 6.07 Å². The number of hydrogen-bond acceptors (Lipinski definition) is 8. The van der Waals surface area contributed by atoms with Crippen molar-refractivity contribution in [2.45, 2.75) is 6.54 Å². The maximum atomic E-state index is 11.2. The van der Waals surface area contributed by atoms with Crippen molar-refractivity contribution in [3.8, 4) is 5.75 Å². The zero-order chi connectivity index (χ0) is 20.4. The number of anilines is 3. The molecule has 0 aliphatic heterocycles. The maximum absolute atomic E-state index is 11.2. The molecule has 3 heterocycles. The summed E-state index contributed by atoms with van der Waals surface area (Å²) in [5.74, 6) is 0.761. The molecule has 10 nitrogen and oxygen atoms in total. The van der Waals surface area contributed by atoms with Gasteiger partial charge in [-0.25, -0.2) is 23.1 Å². The van der Waals surface area contributed by atoms with Crippen LogP contribution in [0.3, 0.4) is 0 Å². The van der Waals surface area contributed by atoms with Crippen molar-refractivity contribution in [2.75, 3.05) is 16.3 Å². The number of phenols is 1. The Morgan fingerprint density at radius 1 is 1.10 bits per heavy atom. The summed E-state index contributed by atoms with van der Waals surface area (Å²) in [6, 6.07) is 10.1. The molecule has 29 heavy (non-hydrogen) atoms. The minimum atomic E-state index is -3.38. The van der Waals surface area contributed by atoms with Gasteiger partial charge in [-0.05, 0) is 29.8 Å². The van der Waals surface area contributed by atoms with Gasteiger partial charge in [-0.1, -0.05) is 12.1 Å². The Labute approximate surface area is 166 Å². The monoisotopic (exact) mass is 411 g/mol. The molecule has 0 spiro atoms. The summed E-state index contributed by atoms with van der Waals surface area (Å²) < 4.78 is 26.5. The number of fused-ring (bicyclic) bond motifs is 1. The predicted molar refractivity (Wildman–Crippen MR) is 109 cm³/mol. The number of hydrogen-bond donors (Lipinski definition) is 3. The summed E-state index contributed by atoms with van der Waals surface area (Å²) in [7, 11) is -3.38. The lowest BCUT2D eigenvalue weighted by atomic mass is 10.2. The molecule has 0 bridgehead atoms. The predicted octanol–water partition coefficient (Wildman–Crippen LogP) is 2.09. The fraction of sp³-hybridized carbons (Fsp3) is 0.111. The molecular weight excluding hydrogens is 394 g/mol. The van der Waals surface area contributed by atoms with Crippen molar-refractivity contribution in [1.82, 2.24) is 24.7 Å². The summed E-state index contributed by atoms with van der Waals surface area (Å²) in [6.45, 7) is 0.446. The van der Waals surface area contributed by atoms with E-state index in [1.54, 1.807) is 41.3 Å². The van der Waals surface area contributed by atoms with E-state index in [2.05, 4.69) is 30.1 Å². The SMILES string of the molecule is CS(=O)(=O)Nc1ccc(Nc2ncc3cnn(Cc4cccc(O)c4)c3n2)cn1. The molecule has 11 heteroatoms.